The molecule has 2 N–H and O–H groups in total. The Balaban J connectivity index is 2.66. The Morgan fingerprint density at radius 2 is 2.00 bits per heavy atom. The van der Waals surface area contributed by atoms with E-state index in [9.17, 15) is 9.90 Å². The second kappa shape index (κ2) is 7.14. The van der Waals surface area contributed by atoms with Crippen molar-refractivity contribution in [2.45, 2.75) is 33.7 Å². The average Bonchev–Trinajstić information content (AvgIpc) is 2.38. The van der Waals surface area contributed by atoms with Gasteiger partial charge in [0.1, 0.15) is 5.75 Å². The van der Waals surface area contributed by atoms with Gasteiger partial charge in [-0.1, -0.05) is 19.9 Å². The monoisotopic (exact) mass is 264 g/mol. The first-order valence-electron chi connectivity index (χ1n) is 6.81. The molecule has 0 heterocycles. The van der Waals surface area contributed by atoms with Crippen molar-refractivity contribution in [2.24, 2.45) is 0 Å². The van der Waals surface area contributed by atoms with Crippen molar-refractivity contribution in [1.82, 2.24) is 10.2 Å². The lowest BCUT2D eigenvalue weighted by molar-refractivity contribution is 0.0929. The maximum atomic E-state index is 12.1. The zero-order chi connectivity index (χ0) is 14.4. The minimum atomic E-state index is -0.131. The van der Waals surface area contributed by atoms with Crippen LogP contribution in [0.3, 0.4) is 0 Å². The van der Waals surface area contributed by atoms with Crippen LogP contribution in [0.5, 0.6) is 5.75 Å². The van der Waals surface area contributed by atoms with Crippen LogP contribution >= 0.6 is 0 Å². The summed E-state index contributed by atoms with van der Waals surface area (Å²) in [5.41, 5.74) is 1.15. The molecule has 0 bridgehead atoms. The van der Waals surface area contributed by atoms with Crippen LogP contribution in [-0.4, -0.2) is 41.6 Å². The zero-order valence-electron chi connectivity index (χ0n) is 12.2. The topological polar surface area (TPSA) is 52.6 Å². The highest BCUT2D eigenvalue weighted by molar-refractivity contribution is 5.96. The number of likely N-dealkylation sites (N-methyl/N-ethyl adjacent to an activating group) is 1. The van der Waals surface area contributed by atoms with Gasteiger partial charge in [-0.2, -0.15) is 0 Å². The molecule has 0 aliphatic rings. The van der Waals surface area contributed by atoms with Gasteiger partial charge in [-0.3, -0.25) is 4.79 Å². The lowest BCUT2D eigenvalue weighted by atomic mass is 10.1. The van der Waals surface area contributed by atoms with Crippen molar-refractivity contribution in [3.8, 4) is 5.75 Å². The molecular weight excluding hydrogens is 240 g/mol. The van der Waals surface area contributed by atoms with E-state index in [1.807, 2.05) is 6.92 Å². The highest BCUT2D eigenvalue weighted by atomic mass is 16.3. The Labute approximate surface area is 115 Å². The molecule has 1 rings (SSSR count). The number of nitrogens with zero attached hydrogens (tertiary/aromatic N) is 1. The molecule has 1 amide bonds. The number of nitrogens with one attached hydrogen (secondary N) is 1. The molecular formula is C15H24N2O2. The van der Waals surface area contributed by atoms with Gasteiger partial charge in [0.25, 0.3) is 5.91 Å². The van der Waals surface area contributed by atoms with E-state index in [1.54, 1.807) is 25.1 Å². The maximum absolute atomic E-state index is 12.1. The number of carbonyl (C=O) groups excluding carboxylic acids is 1. The van der Waals surface area contributed by atoms with Crippen molar-refractivity contribution in [2.75, 3.05) is 19.6 Å². The number of amides is 1. The van der Waals surface area contributed by atoms with Crippen molar-refractivity contribution >= 4 is 5.91 Å². The molecule has 0 aromatic heterocycles. The molecule has 1 atom stereocenters. The normalized spacial score (nSPS) is 12.5. The fourth-order valence-electron chi connectivity index (χ4n) is 2.09. The third-order valence-corrected chi connectivity index (χ3v) is 3.35. The van der Waals surface area contributed by atoms with E-state index >= 15 is 0 Å². The third kappa shape index (κ3) is 4.24. The van der Waals surface area contributed by atoms with Crippen molar-refractivity contribution < 1.29 is 9.90 Å². The van der Waals surface area contributed by atoms with Gasteiger partial charge in [0.2, 0.25) is 0 Å². The minimum Gasteiger partial charge on any atom is -0.508 e. The molecule has 0 saturated heterocycles. The van der Waals surface area contributed by atoms with Crippen LogP contribution in [0.2, 0.25) is 0 Å². The molecule has 0 fully saturated rings. The quantitative estimate of drug-likeness (QED) is 0.828. The van der Waals surface area contributed by atoms with Gasteiger partial charge in [-0.15, -0.1) is 0 Å². The van der Waals surface area contributed by atoms with Crippen LogP contribution in [0, 0.1) is 6.92 Å². The highest BCUT2D eigenvalue weighted by Gasteiger charge is 2.14. The van der Waals surface area contributed by atoms with E-state index in [0.29, 0.717) is 11.1 Å². The molecule has 0 aliphatic carbocycles. The Bertz CT molecular complexity index is 428. The molecule has 0 radical (unpaired) electrons. The summed E-state index contributed by atoms with van der Waals surface area (Å²) in [6.07, 6.45) is 0. The summed E-state index contributed by atoms with van der Waals surface area (Å²) in [5, 5.41) is 12.6. The molecule has 19 heavy (non-hydrogen) atoms. The Morgan fingerprint density at radius 3 is 2.58 bits per heavy atom. The first kappa shape index (κ1) is 15.5. The van der Waals surface area contributed by atoms with Gasteiger partial charge in [0.15, 0.2) is 0 Å². The summed E-state index contributed by atoms with van der Waals surface area (Å²) in [5.74, 6) is 0.0251. The van der Waals surface area contributed by atoms with E-state index in [4.69, 9.17) is 0 Å². The Hall–Kier alpha value is -1.55. The summed E-state index contributed by atoms with van der Waals surface area (Å²) >= 11 is 0. The van der Waals surface area contributed by atoms with Crippen molar-refractivity contribution in [3.63, 3.8) is 0 Å². The molecule has 1 aromatic rings. The standard InChI is InChI=1S/C15H24N2O2/c1-5-17(6-2)10-11(3)16-15(19)13-8-7-9-14(18)12(13)4/h7-9,11,18H,5-6,10H2,1-4H3,(H,16,19). The SMILES string of the molecule is CCN(CC)CC(C)NC(=O)c1cccc(O)c1C. The van der Waals surface area contributed by atoms with Gasteiger partial charge < -0.3 is 15.3 Å². The summed E-state index contributed by atoms with van der Waals surface area (Å²) in [7, 11) is 0. The molecule has 106 valence electrons. The lowest BCUT2D eigenvalue weighted by Gasteiger charge is -2.23. The number of phenols is 1. The second-order valence-electron chi connectivity index (χ2n) is 4.81. The van der Waals surface area contributed by atoms with Crippen LogP contribution in [0.4, 0.5) is 0 Å². The molecule has 4 nitrogen and oxygen atoms in total. The number of aromatic hydroxyl groups is 1. The fraction of sp³-hybridized carbons (Fsp3) is 0.533. The average molecular weight is 264 g/mol. The van der Waals surface area contributed by atoms with Crippen LogP contribution in [-0.2, 0) is 0 Å². The van der Waals surface area contributed by atoms with Crippen LogP contribution < -0.4 is 5.32 Å². The first-order valence-corrected chi connectivity index (χ1v) is 6.81. The molecule has 0 saturated carbocycles. The largest absolute Gasteiger partial charge is 0.508 e. The number of hydrogen-bond acceptors (Lipinski definition) is 3. The maximum Gasteiger partial charge on any atom is 0.251 e. The lowest BCUT2D eigenvalue weighted by Crippen LogP contribution is -2.42. The van der Waals surface area contributed by atoms with E-state index < -0.39 is 0 Å². The van der Waals surface area contributed by atoms with Crippen LogP contribution in [0.1, 0.15) is 36.7 Å². The van der Waals surface area contributed by atoms with Crippen molar-refractivity contribution in [1.29, 1.82) is 0 Å². The summed E-state index contributed by atoms with van der Waals surface area (Å²) in [4.78, 5) is 14.4. The van der Waals surface area contributed by atoms with Crippen LogP contribution in [0.25, 0.3) is 0 Å². The molecule has 4 heteroatoms. The number of carbonyl (C=O) groups is 1. The number of phenolic OH excluding ortho intramolecular Hbond substituents is 1. The summed E-state index contributed by atoms with van der Waals surface area (Å²) in [6.45, 7) is 10.7. The number of hydrogen-bond donors (Lipinski definition) is 2. The van der Waals surface area contributed by atoms with Gasteiger partial charge in [0, 0.05) is 23.7 Å². The predicted octanol–water partition coefficient (Wildman–Crippen LogP) is 2.16. The van der Waals surface area contributed by atoms with E-state index in [2.05, 4.69) is 24.1 Å². The zero-order valence-corrected chi connectivity index (χ0v) is 12.2. The smallest absolute Gasteiger partial charge is 0.251 e. The fourth-order valence-corrected chi connectivity index (χ4v) is 2.09. The predicted molar refractivity (Wildman–Crippen MR) is 77.6 cm³/mol. The second-order valence-corrected chi connectivity index (χ2v) is 4.81. The van der Waals surface area contributed by atoms with Gasteiger partial charge >= 0.3 is 0 Å². The van der Waals surface area contributed by atoms with E-state index in [-0.39, 0.29) is 17.7 Å². The summed E-state index contributed by atoms with van der Waals surface area (Å²) in [6, 6.07) is 5.08. The van der Waals surface area contributed by atoms with Crippen LogP contribution in [0.15, 0.2) is 18.2 Å². The molecule has 1 unspecified atom stereocenters. The number of rotatable bonds is 6. The first-order chi connectivity index (χ1) is 8.99. The highest BCUT2D eigenvalue weighted by Crippen LogP contribution is 2.19. The Kier molecular flexibility index (Phi) is 5.83. The van der Waals surface area contributed by atoms with Gasteiger partial charge in [-0.05, 0) is 39.1 Å². The number of benzene rings is 1. The molecule has 1 aromatic carbocycles. The summed E-state index contributed by atoms with van der Waals surface area (Å²) < 4.78 is 0. The van der Waals surface area contributed by atoms with E-state index in [1.165, 1.54) is 0 Å². The van der Waals surface area contributed by atoms with Gasteiger partial charge in [-0.25, -0.2) is 0 Å². The Morgan fingerprint density at radius 1 is 1.37 bits per heavy atom. The van der Waals surface area contributed by atoms with Crippen molar-refractivity contribution in [3.05, 3.63) is 29.3 Å². The van der Waals surface area contributed by atoms with Gasteiger partial charge in [0.05, 0.1) is 0 Å². The molecule has 0 aliphatic heterocycles. The van der Waals surface area contributed by atoms with E-state index in [0.717, 1.165) is 19.6 Å². The third-order valence-electron chi connectivity index (χ3n) is 3.35. The molecule has 0 spiro atoms. The minimum absolute atomic E-state index is 0.0779.